The molecule has 3 heteroatoms. The lowest BCUT2D eigenvalue weighted by Gasteiger charge is -2.14. The van der Waals surface area contributed by atoms with Crippen LogP contribution in [0, 0.1) is 6.92 Å². The van der Waals surface area contributed by atoms with Gasteiger partial charge >= 0.3 is 0 Å². The molecular formula is C21H13NO2. The fourth-order valence-corrected chi connectivity index (χ4v) is 3.06. The van der Waals surface area contributed by atoms with Crippen LogP contribution in [0.1, 0.15) is 19.3 Å². The molecule has 2 aromatic heterocycles. The van der Waals surface area contributed by atoms with E-state index in [0.717, 1.165) is 4.40 Å². The van der Waals surface area contributed by atoms with Crippen molar-refractivity contribution in [3.8, 4) is 0 Å². The molecule has 0 saturated carbocycles. The van der Waals surface area contributed by atoms with E-state index in [9.17, 15) is 9.59 Å². The molecule has 0 radical (unpaired) electrons. The molecule has 114 valence electrons. The van der Waals surface area contributed by atoms with Crippen LogP contribution < -0.4 is 10.9 Å². The summed E-state index contributed by atoms with van der Waals surface area (Å²) < 4.78 is 83.8. The van der Waals surface area contributed by atoms with Crippen LogP contribution in [0.3, 0.4) is 0 Å². The number of para-hydroxylation sites is 2. The molecule has 0 unspecified atom stereocenters. The number of hydrogen-bond acceptors (Lipinski definition) is 2. The monoisotopic (exact) mass is 321 g/mol. The van der Waals surface area contributed by atoms with Gasteiger partial charge in [-0.1, -0.05) is 24.2 Å². The van der Waals surface area contributed by atoms with Crippen LogP contribution in [-0.2, 0) is 0 Å². The Morgan fingerprint density at radius 2 is 1.21 bits per heavy atom. The van der Waals surface area contributed by atoms with Crippen molar-refractivity contribution in [3.63, 3.8) is 0 Å². The third-order valence-corrected chi connectivity index (χ3v) is 4.01. The van der Waals surface area contributed by atoms with E-state index in [0.29, 0.717) is 0 Å². The Bertz CT molecular complexity index is 1780. The molecule has 3 nitrogen and oxygen atoms in total. The van der Waals surface area contributed by atoms with Crippen LogP contribution in [0.25, 0.3) is 38.1 Å². The fourth-order valence-electron chi connectivity index (χ4n) is 3.06. The Balaban J connectivity index is 2.46. The van der Waals surface area contributed by atoms with Crippen molar-refractivity contribution in [2.75, 3.05) is 0 Å². The second kappa shape index (κ2) is 4.42. The highest BCUT2D eigenvalue weighted by Gasteiger charge is 2.16. The molecule has 5 rings (SSSR count). The van der Waals surface area contributed by atoms with E-state index in [1.165, 1.54) is 6.92 Å². The maximum Gasteiger partial charge on any atom is 0.197 e. The molecule has 0 atom stereocenters. The van der Waals surface area contributed by atoms with Gasteiger partial charge in [0, 0.05) is 21.5 Å². The van der Waals surface area contributed by atoms with Crippen molar-refractivity contribution in [3.05, 3.63) is 86.4 Å². The average molecular weight is 321 g/mol. The molecule has 5 aromatic rings. The first-order valence-electron chi connectivity index (χ1n) is 12.1. The minimum Gasteiger partial charge on any atom is -0.308 e. The summed E-state index contributed by atoms with van der Waals surface area (Å²) in [6.07, 6.45) is 0. The summed E-state index contributed by atoms with van der Waals surface area (Å²) in [5, 5.41) is -1.70. The molecule has 0 aliphatic heterocycles. The molecule has 0 spiro atoms. The van der Waals surface area contributed by atoms with Crippen molar-refractivity contribution < 1.29 is 13.7 Å². The zero-order chi connectivity index (χ0) is 25.1. The SMILES string of the molecule is [2H]c1c([2H])c([2H])c2c(c1[2H])c(=O)c1c([2H])c(C)c([2H])c3c(=O)c4c([2H])c([2H])c([2H])c([2H])c4n2c13. The summed E-state index contributed by atoms with van der Waals surface area (Å²) in [5.41, 5.74) is -2.97. The molecular weight excluding hydrogens is 298 g/mol. The molecule has 0 bridgehead atoms. The predicted octanol–water partition coefficient (Wildman–Crippen LogP) is 3.87. The van der Waals surface area contributed by atoms with E-state index in [1.54, 1.807) is 0 Å². The summed E-state index contributed by atoms with van der Waals surface area (Å²) in [7, 11) is 0. The second-order valence-electron chi connectivity index (χ2n) is 5.41. The van der Waals surface area contributed by atoms with Gasteiger partial charge < -0.3 is 4.40 Å². The van der Waals surface area contributed by atoms with E-state index >= 15 is 0 Å². The third kappa shape index (κ3) is 1.51. The van der Waals surface area contributed by atoms with Gasteiger partial charge in [-0.05, 0) is 48.7 Å². The Morgan fingerprint density at radius 3 is 1.71 bits per heavy atom. The van der Waals surface area contributed by atoms with Gasteiger partial charge in [-0.25, -0.2) is 0 Å². The Hall–Kier alpha value is -3.20. The standard InChI is InChI=1S/C21H13NO2/c1-12-10-15-19-16(11-12)21(24)14-7-3-5-9-18(14)22(19)17-8-4-2-6-13(17)20(15)23/h2-11H,1H3/i2D,3D,4D,5D,6D,7D,8D,9D,10D,11D. The summed E-state index contributed by atoms with van der Waals surface area (Å²) in [6.45, 7) is 1.36. The largest absolute Gasteiger partial charge is 0.308 e. The van der Waals surface area contributed by atoms with Gasteiger partial charge in [-0.2, -0.15) is 0 Å². The molecule has 0 saturated heterocycles. The maximum atomic E-state index is 13.5. The number of rotatable bonds is 0. The molecule has 0 aliphatic rings. The van der Waals surface area contributed by atoms with Gasteiger partial charge in [0.25, 0.3) is 0 Å². The van der Waals surface area contributed by atoms with E-state index < -0.39 is 93.1 Å². The highest BCUT2D eigenvalue weighted by molar-refractivity contribution is 6.07. The van der Waals surface area contributed by atoms with Crippen molar-refractivity contribution in [2.45, 2.75) is 6.92 Å². The number of nitrogens with zero attached hydrogens (tertiary/aromatic N) is 1. The van der Waals surface area contributed by atoms with Crippen molar-refractivity contribution >= 4 is 38.1 Å². The second-order valence-corrected chi connectivity index (χ2v) is 5.41. The van der Waals surface area contributed by atoms with Crippen molar-refractivity contribution in [1.82, 2.24) is 4.40 Å². The van der Waals surface area contributed by atoms with Crippen LogP contribution in [0.5, 0.6) is 0 Å². The number of pyridine rings is 2. The van der Waals surface area contributed by atoms with Gasteiger partial charge in [-0.3, -0.25) is 9.59 Å². The van der Waals surface area contributed by atoms with Crippen LogP contribution in [-0.4, -0.2) is 4.40 Å². The minimum absolute atomic E-state index is 0.0241. The summed E-state index contributed by atoms with van der Waals surface area (Å²) in [5.74, 6) is 0. The highest BCUT2D eigenvalue weighted by Crippen LogP contribution is 2.27. The lowest BCUT2D eigenvalue weighted by molar-refractivity contribution is 1.30. The van der Waals surface area contributed by atoms with Crippen molar-refractivity contribution in [1.29, 1.82) is 0 Å². The van der Waals surface area contributed by atoms with E-state index in [1.807, 2.05) is 0 Å². The first-order valence-corrected chi connectivity index (χ1v) is 7.08. The van der Waals surface area contributed by atoms with Crippen molar-refractivity contribution in [2.24, 2.45) is 0 Å². The zero-order valence-corrected chi connectivity index (χ0v) is 12.3. The summed E-state index contributed by atoms with van der Waals surface area (Å²) >= 11 is 0. The van der Waals surface area contributed by atoms with Gasteiger partial charge in [0.1, 0.15) is 0 Å². The van der Waals surface area contributed by atoms with Gasteiger partial charge in [0.05, 0.1) is 30.3 Å². The normalized spacial score (nSPS) is 17.7. The number of fused-ring (bicyclic) bond motifs is 4. The smallest absolute Gasteiger partial charge is 0.197 e. The maximum absolute atomic E-state index is 13.5. The number of aromatic nitrogens is 1. The minimum atomic E-state index is -0.931. The van der Waals surface area contributed by atoms with Crippen LogP contribution in [0.15, 0.2) is 70.0 Å². The molecule has 0 N–H and O–H groups in total. The third-order valence-electron chi connectivity index (χ3n) is 4.01. The Morgan fingerprint density at radius 1 is 0.750 bits per heavy atom. The molecule has 2 heterocycles. The lowest BCUT2D eigenvalue weighted by Crippen LogP contribution is -2.14. The van der Waals surface area contributed by atoms with E-state index in [2.05, 4.69) is 0 Å². The first kappa shape index (κ1) is 6.73. The fraction of sp³-hybridized carbons (Fsp3) is 0.0476. The Kier molecular flexibility index (Phi) is 1.24. The quantitative estimate of drug-likeness (QED) is 0.321. The molecule has 0 fully saturated rings. The van der Waals surface area contributed by atoms with E-state index in [4.69, 9.17) is 13.7 Å². The molecule has 0 amide bonds. The highest BCUT2D eigenvalue weighted by atomic mass is 16.1. The summed E-state index contributed by atoms with van der Waals surface area (Å²) in [6, 6.07) is -6.26. The number of benzene rings is 3. The molecule has 0 aliphatic carbocycles. The topological polar surface area (TPSA) is 38.5 Å². The van der Waals surface area contributed by atoms with Crippen LogP contribution >= 0.6 is 0 Å². The Labute approximate surface area is 150 Å². The lowest BCUT2D eigenvalue weighted by atomic mass is 10.0. The zero-order valence-electron chi connectivity index (χ0n) is 22.3. The first-order chi connectivity index (χ1) is 15.8. The van der Waals surface area contributed by atoms with Crippen LogP contribution in [0.2, 0.25) is 0 Å². The number of hydrogen-bond donors (Lipinski definition) is 0. The molecule has 3 aromatic carbocycles. The van der Waals surface area contributed by atoms with Crippen LogP contribution in [0.4, 0.5) is 0 Å². The van der Waals surface area contributed by atoms with Gasteiger partial charge in [0.2, 0.25) is 0 Å². The molecule has 24 heavy (non-hydrogen) atoms. The predicted molar refractivity (Wildman–Crippen MR) is 98.4 cm³/mol. The van der Waals surface area contributed by atoms with Gasteiger partial charge in [0.15, 0.2) is 10.9 Å². The van der Waals surface area contributed by atoms with E-state index in [-0.39, 0.29) is 21.9 Å². The summed E-state index contributed by atoms with van der Waals surface area (Å²) in [4.78, 5) is 27.1. The average Bonchev–Trinajstić information content (AvgIpc) is 2.80. The van der Waals surface area contributed by atoms with Gasteiger partial charge in [-0.15, -0.1) is 0 Å².